The average Bonchev–Trinajstić information content (AvgIpc) is 3.32. The Morgan fingerprint density at radius 3 is 2.65 bits per heavy atom. The maximum atomic E-state index is 13.9. The lowest BCUT2D eigenvalue weighted by Crippen LogP contribution is -2.43. The first kappa shape index (κ1) is 20.6. The number of hydrogen-bond acceptors (Lipinski definition) is 5. The third-order valence-electron chi connectivity index (χ3n) is 4.22. The number of amides is 1. The van der Waals surface area contributed by atoms with Crippen molar-refractivity contribution in [3.05, 3.63) is 34.6 Å². The Balaban J connectivity index is 2.10. The van der Waals surface area contributed by atoms with E-state index in [4.69, 9.17) is 16.3 Å². The molecule has 1 aliphatic rings. The van der Waals surface area contributed by atoms with Crippen molar-refractivity contribution >= 4 is 33.5 Å². The van der Waals surface area contributed by atoms with Crippen molar-refractivity contribution < 1.29 is 27.1 Å². The molecule has 0 aliphatic heterocycles. The Labute approximate surface area is 157 Å². The fourth-order valence-corrected chi connectivity index (χ4v) is 4.60. The van der Waals surface area contributed by atoms with Crippen molar-refractivity contribution in [3.63, 3.8) is 0 Å². The molecule has 1 fully saturated rings. The Morgan fingerprint density at radius 2 is 2.08 bits per heavy atom. The molecule has 0 saturated heterocycles. The molecule has 0 unspecified atom stereocenters. The predicted octanol–water partition coefficient (Wildman–Crippen LogP) is 2.76. The van der Waals surface area contributed by atoms with Crippen LogP contribution in [0.5, 0.6) is 0 Å². The van der Waals surface area contributed by atoms with E-state index in [1.807, 2.05) is 4.72 Å². The van der Waals surface area contributed by atoms with E-state index in [0.29, 0.717) is 12.8 Å². The van der Waals surface area contributed by atoms with Crippen molar-refractivity contribution in [1.29, 1.82) is 0 Å². The van der Waals surface area contributed by atoms with Gasteiger partial charge in [0.2, 0.25) is 15.9 Å². The van der Waals surface area contributed by atoms with Gasteiger partial charge in [0.1, 0.15) is 5.82 Å². The number of hydrogen-bond donors (Lipinski definition) is 1. The molecule has 9 heteroatoms. The molecule has 1 aromatic carbocycles. The molecule has 1 aliphatic carbocycles. The van der Waals surface area contributed by atoms with E-state index in [1.165, 1.54) is 18.2 Å². The number of rotatable bonds is 8. The van der Waals surface area contributed by atoms with Crippen molar-refractivity contribution in [2.24, 2.45) is 5.92 Å². The number of sulfonamides is 1. The summed E-state index contributed by atoms with van der Waals surface area (Å²) >= 11 is 5.98. The second kappa shape index (κ2) is 8.35. The van der Waals surface area contributed by atoms with Gasteiger partial charge in [0.15, 0.2) is 5.25 Å². The largest absolute Gasteiger partial charge is 0.465 e. The Bertz CT molecular complexity index is 778. The standard InChI is InChI=1S/C17H21ClFNO5S/c1-3-6-14(17(22)25-4-2)26(23,24)20-16(21)11-9-10(11)15-12(18)7-5-8-13(15)19/h5,7-8,10-11,14H,3-4,6,9H2,1-2H3,(H,20,21)/t10-,11-,14+/m0/s1. The van der Waals surface area contributed by atoms with E-state index in [1.54, 1.807) is 13.8 Å². The molecule has 0 spiro atoms. The lowest BCUT2D eigenvalue weighted by Gasteiger charge is -2.16. The van der Waals surface area contributed by atoms with Crippen LogP contribution >= 0.6 is 11.6 Å². The van der Waals surface area contributed by atoms with Crippen molar-refractivity contribution in [2.75, 3.05) is 6.61 Å². The molecule has 0 aromatic heterocycles. The lowest BCUT2D eigenvalue weighted by atomic mass is 10.1. The molecular formula is C17H21ClFNO5S. The van der Waals surface area contributed by atoms with Crippen LogP contribution in [0.1, 0.15) is 44.6 Å². The summed E-state index contributed by atoms with van der Waals surface area (Å²) in [6.07, 6.45) is 0.754. The topological polar surface area (TPSA) is 89.5 Å². The summed E-state index contributed by atoms with van der Waals surface area (Å²) in [7, 11) is -4.24. The fraction of sp³-hybridized carbons (Fsp3) is 0.529. The number of ether oxygens (including phenoxy) is 1. The molecule has 144 valence electrons. The minimum absolute atomic E-state index is 0.0364. The van der Waals surface area contributed by atoms with Crippen molar-refractivity contribution in [3.8, 4) is 0 Å². The highest BCUT2D eigenvalue weighted by Crippen LogP contribution is 2.50. The number of halogens is 2. The summed E-state index contributed by atoms with van der Waals surface area (Å²) in [6.45, 7) is 3.33. The predicted molar refractivity (Wildman–Crippen MR) is 94.6 cm³/mol. The lowest BCUT2D eigenvalue weighted by molar-refractivity contribution is -0.142. The zero-order valence-corrected chi connectivity index (χ0v) is 16.1. The van der Waals surface area contributed by atoms with Crippen molar-refractivity contribution in [1.82, 2.24) is 4.72 Å². The molecule has 2 rings (SSSR count). The summed E-state index contributed by atoms with van der Waals surface area (Å²) in [5.74, 6) is -3.37. The smallest absolute Gasteiger partial charge is 0.326 e. The first-order chi connectivity index (χ1) is 12.2. The van der Waals surface area contributed by atoms with Gasteiger partial charge in [0.05, 0.1) is 6.61 Å². The zero-order valence-electron chi connectivity index (χ0n) is 14.5. The van der Waals surface area contributed by atoms with E-state index < -0.39 is 44.8 Å². The number of carbonyl (C=O) groups excluding carboxylic acids is 2. The van der Waals surface area contributed by atoms with Gasteiger partial charge >= 0.3 is 5.97 Å². The summed E-state index contributed by atoms with van der Waals surface area (Å²) in [5.41, 5.74) is 0.210. The summed E-state index contributed by atoms with van der Waals surface area (Å²) < 4.78 is 45.5. The maximum Gasteiger partial charge on any atom is 0.326 e. The second-order valence-electron chi connectivity index (χ2n) is 6.12. The van der Waals surface area contributed by atoms with Crippen LogP contribution < -0.4 is 4.72 Å². The minimum Gasteiger partial charge on any atom is -0.465 e. The van der Waals surface area contributed by atoms with Gasteiger partial charge < -0.3 is 4.74 Å². The van der Waals surface area contributed by atoms with Crippen LogP contribution in [0.4, 0.5) is 4.39 Å². The number of nitrogens with one attached hydrogen (secondary N) is 1. The van der Waals surface area contributed by atoms with Gasteiger partial charge in [-0.25, -0.2) is 12.8 Å². The highest BCUT2D eigenvalue weighted by atomic mass is 35.5. The number of esters is 1. The van der Waals surface area contributed by atoms with Crippen LogP contribution in [0.15, 0.2) is 18.2 Å². The number of benzene rings is 1. The molecule has 1 aromatic rings. The van der Waals surface area contributed by atoms with Gasteiger partial charge in [-0.05, 0) is 31.9 Å². The molecule has 0 radical (unpaired) electrons. The van der Waals surface area contributed by atoms with Crippen LogP contribution in [0.2, 0.25) is 5.02 Å². The Hall–Kier alpha value is -1.67. The van der Waals surface area contributed by atoms with Gasteiger partial charge in [0, 0.05) is 22.4 Å². The van der Waals surface area contributed by atoms with E-state index >= 15 is 0 Å². The molecule has 3 atom stereocenters. The SMILES string of the molecule is CCC[C@H](C(=O)OCC)S(=O)(=O)NC(=O)[C@H]1C[C@@H]1c1c(F)cccc1Cl. The third-order valence-corrected chi connectivity index (χ3v) is 6.21. The quantitative estimate of drug-likeness (QED) is 0.671. The molecule has 6 nitrogen and oxygen atoms in total. The summed E-state index contributed by atoms with van der Waals surface area (Å²) in [5, 5.41) is -1.26. The van der Waals surface area contributed by atoms with Crippen LogP contribution in [-0.2, 0) is 24.3 Å². The van der Waals surface area contributed by atoms with Crippen LogP contribution in [-0.4, -0.2) is 32.2 Å². The first-order valence-electron chi connectivity index (χ1n) is 8.38. The molecule has 26 heavy (non-hydrogen) atoms. The average molecular weight is 406 g/mol. The van der Waals surface area contributed by atoms with E-state index in [9.17, 15) is 22.4 Å². The van der Waals surface area contributed by atoms with Gasteiger partial charge in [-0.1, -0.05) is 31.0 Å². The molecule has 0 heterocycles. The van der Waals surface area contributed by atoms with Crippen molar-refractivity contribution in [2.45, 2.75) is 44.3 Å². The fourth-order valence-electron chi connectivity index (χ4n) is 2.85. The maximum absolute atomic E-state index is 13.9. The van der Waals surface area contributed by atoms with Crippen LogP contribution in [0.25, 0.3) is 0 Å². The molecule has 1 amide bonds. The molecule has 1 saturated carbocycles. The van der Waals surface area contributed by atoms with Gasteiger partial charge in [0.25, 0.3) is 0 Å². The van der Waals surface area contributed by atoms with Gasteiger partial charge in [-0.15, -0.1) is 0 Å². The second-order valence-corrected chi connectivity index (χ2v) is 8.40. The summed E-state index contributed by atoms with van der Waals surface area (Å²) in [6, 6.07) is 4.21. The Morgan fingerprint density at radius 1 is 1.38 bits per heavy atom. The monoisotopic (exact) mass is 405 g/mol. The normalized spacial score (nSPS) is 20.3. The summed E-state index contributed by atoms with van der Waals surface area (Å²) in [4.78, 5) is 24.2. The molecule has 0 bridgehead atoms. The Kier molecular flexibility index (Phi) is 6.63. The highest BCUT2D eigenvalue weighted by Gasteiger charge is 2.48. The van der Waals surface area contributed by atoms with Crippen LogP contribution in [0.3, 0.4) is 0 Å². The number of carbonyl (C=O) groups is 2. The zero-order chi connectivity index (χ0) is 19.5. The van der Waals surface area contributed by atoms with Gasteiger partial charge in [-0.2, -0.15) is 0 Å². The minimum atomic E-state index is -4.24. The molecule has 1 N–H and O–H groups in total. The van der Waals surface area contributed by atoms with E-state index in [-0.39, 0.29) is 23.6 Å². The first-order valence-corrected chi connectivity index (χ1v) is 10.3. The third kappa shape index (κ3) is 4.54. The van der Waals surface area contributed by atoms with E-state index in [0.717, 1.165) is 0 Å². The van der Waals surface area contributed by atoms with Crippen LogP contribution in [0, 0.1) is 11.7 Å². The van der Waals surface area contributed by atoms with Gasteiger partial charge in [-0.3, -0.25) is 14.3 Å². The van der Waals surface area contributed by atoms with E-state index in [2.05, 4.69) is 0 Å². The highest BCUT2D eigenvalue weighted by molar-refractivity contribution is 7.91. The molecular weight excluding hydrogens is 385 g/mol.